The van der Waals surface area contributed by atoms with E-state index in [2.05, 4.69) is 31.4 Å². The van der Waals surface area contributed by atoms with E-state index in [0.717, 1.165) is 19.3 Å². The summed E-state index contributed by atoms with van der Waals surface area (Å²) in [6.45, 7) is 13.1. The minimum Gasteiger partial charge on any atom is -0.396 e. The van der Waals surface area contributed by atoms with E-state index < -0.39 is 23.4 Å². The van der Waals surface area contributed by atoms with Crippen molar-refractivity contribution in [2.45, 2.75) is 85.2 Å². The maximum absolute atomic E-state index is 13.7. The van der Waals surface area contributed by atoms with Crippen LogP contribution >= 0.6 is 0 Å². The summed E-state index contributed by atoms with van der Waals surface area (Å²) in [6.07, 6.45) is 7.76. The fraction of sp³-hybridized carbons (Fsp3) is 0.808. The first kappa shape index (κ1) is 27.4. The third-order valence-corrected chi connectivity index (χ3v) is 6.89. The second-order valence-corrected chi connectivity index (χ2v) is 11.6. The molecular weight excluding hydrogens is 418 g/mol. The third kappa shape index (κ3) is 6.58. The second-order valence-electron chi connectivity index (χ2n) is 11.6. The van der Waals surface area contributed by atoms with Gasteiger partial charge in [-0.3, -0.25) is 14.4 Å². The van der Waals surface area contributed by atoms with Crippen molar-refractivity contribution >= 4 is 17.7 Å². The topological polar surface area (TPSA) is 98.7 Å². The van der Waals surface area contributed by atoms with E-state index in [-0.39, 0.29) is 41.6 Å². The summed E-state index contributed by atoms with van der Waals surface area (Å²) in [5.74, 6) is -1.74. The van der Waals surface area contributed by atoms with E-state index in [4.69, 9.17) is 5.11 Å². The number of aliphatic hydroxyl groups is 1. The van der Waals surface area contributed by atoms with Gasteiger partial charge in [-0.25, -0.2) is 0 Å². The average molecular weight is 464 g/mol. The van der Waals surface area contributed by atoms with E-state index in [0.29, 0.717) is 19.4 Å². The largest absolute Gasteiger partial charge is 0.396 e. The van der Waals surface area contributed by atoms with Crippen molar-refractivity contribution < 1.29 is 19.5 Å². The Morgan fingerprint density at radius 2 is 1.73 bits per heavy atom. The van der Waals surface area contributed by atoms with E-state index in [1.165, 1.54) is 0 Å². The van der Waals surface area contributed by atoms with Crippen LogP contribution in [0.25, 0.3) is 0 Å². The molecule has 188 valence electrons. The summed E-state index contributed by atoms with van der Waals surface area (Å²) >= 11 is 0. The summed E-state index contributed by atoms with van der Waals surface area (Å²) in [5, 5.41) is 15.1. The molecule has 0 aromatic heterocycles. The first-order valence-corrected chi connectivity index (χ1v) is 12.5. The van der Waals surface area contributed by atoms with Crippen LogP contribution in [-0.4, -0.2) is 59.5 Å². The minimum absolute atomic E-state index is 0.0227. The Balaban J connectivity index is 2.38. The van der Waals surface area contributed by atoms with Gasteiger partial charge in [0.05, 0.1) is 11.8 Å². The highest BCUT2D eigenvalue weighted by molar-refractivity contribution is 5.97. The zero-order valence-electron chi connectivity index (χ0n) is 21.6. The Morgan fingerprint density at radius 3 is 2.27 bits per heavy atom. The summed E-state index contributed by atoms with van der Waals surface area (Å²) in [6, 6.07) is -0.628. The van der Waals surface area contributed by atoms with Crippen LogP contribution in [0.4, 0.5) is 0 Å². The third-order valence-electron chi connectivity index (χ3n) is 6.89. The Hall–Kier alpha value is -1.89. The summed E-state index contributed by atoms with van der Waals surface area (Å²) in [5.41, 5.74) is -0.387. The normalized spacial score (nSPS) is 27.5. The second kappa shape index (κ2) is 11.0. The van der Waals surface area contributed by atoms with Crippen LogP contribution in [0.1, 0.15) is 73.6 Å². The number of unbranched alkanes of at least 4 members (excludes halogenated alkanes) is 2. The Kier molecular flexibility index (Phi) is 9.14. The molecule has 2 rings (SSSR count). The first-order valence-electron chi connectivity index (χ1n) is 12.5. The zero-order valence-corrected chi connectivity index (χ0v) is 21.6. The van der Waals surface area contributed by atoms with E-state index in [9.17, 15) is 14.4 Å². The fourth-order valence-corrected chi connectivity index (χ4v) is 6.00. The van der Waals surface area contributed by atoms with E-state index in [1.807, 2.05) is 32.9 Å². The predicted molar refractivity (Wildman–Crippen MR) is 130 cm³/mol. The number of fused-ring (bicyclic) bond motifs is 1. The van der Waals surface area contributed by atoms with Crippen LogP contribution in [-0.2, 0) is 14.4 Å². The molecule has 0 spiro atoms. The van der Waals surface area contributed by atoms with Crippen molar-refractivity contribution in [1.82, 2.24) is 15.5 Å². The summed E-state index contributed by atoms with van der Waals surface area (Å²) in [4.78, 5) is 41.9. The number of amides is 3. The predicted octanol–water partition coefficient (Wildman–Crippen LogP) is 2.88. The molecule has 2 aliphatic rings. The number of nitrogens with zero attached hydrogens (tertiary/aromatic N) is 1. The molecule has 0 radical (unpaired) electrons. The highest BCUT2D eigenvalue weighted by atomic mass is 16.3. The lowest BCUT2D eigenvalue weighted by Gasteiger charge is -2.37. The number of likely N-dealkylation sites (tertiary alicyclic amines) is 1. The molecule has 1 saturated heterocycles. The monoisotopic (exact) mass is 463 g/mol. The molecule has 0 saturated carbocycles. The highest BCUT2D eigenvalue weighted by Crippen LogP contribution is 2.45. The molecule has 1 aliphatic heterocycles. The summed E-state index contributed by atoms with van der Waals surface area (Å²) in [7, 11) is 1.60. The average Bonchev–Trinajstić information content (AvgIpc) is 2.99. The molecule has 0 bridgehead atoms. The van der Waals surface area contributed by atoms with Crippen molar-refractivity contribution in [3.05, 3.63) is 12.2 Å². The molecule has 1 aliphatic carbocycles. The Labute approximate surface area is 199 Å². The SMILES string of the molecule is CC[C@@H]1C=C[C@H]2[C@H](C(=O)N(CCCCCO)[C@@H]2C(=O)NC(C)(C)CC(C)(C)C)[C@@H]1C(=O)NC. The highest BCUT2D eigenvalue weighted by Gasteiger charge is 2.57. The van der Waals surface area contributed by atoms with Crippen molar-refractivity contribution in [3.63, 3.8) is 0 Å². The van der Waals surface area contributed by atoms with Gasteiger partial charge in [0.2, 0.25) is 17.7 Å². The van der Waals surface area contributed by atoms with Gasteiger partial charge in [0.1, 0.15) is 6.04 Å². The maximum Gasteiger partial charge on any atom is 0.243 e. The minimum atomic E-state index is -0.628. The molecule has 0 aromatic carbocycles. The number of nitrogens with one attached hydrogen (secondary N) is 2. The van der Waals surface area contributed by atoms with Gasteiger partial charge >= 0.3 is 0 Å². The van der Waals surface area contributed by atoms with Gasteiger partial charge < -0.3 is 20.6 Å². The summed E-state index contributed by atoms with van der Waals surface area (Å²) < 4.78 is 0. The lowest BCUT2D eigenvalue weighted by Crippen LogP contribution is -2.54. The van der Waals surface area contributed by atoms with Crippen LogP contribution in [0.15, 0.2) is 12.2 Å². The van der Waals surface area contributed by atoms with Crippen molar-refractivity contribution in [2.75, 3.05) is 20.2 Å². The van der Waals surface area contributed by atoms with Crippen LogP contribution in [0.3, 0.4) is 0 Å². The molecule has 0 unspecified atom stereocenters. The molecule has 0 aromatic rings. The molecule has 7 nitrogen and oxygen atoms in total. The van der Waals surface area contributed by atoms with Gasteiger partial charge in [-0.1, -0.05) is 39.8 Å². The Bertz CT molecular complexity index is 740. The fourth-order valence-electron chi connectivity index (χ4n) is 6.00. The van der Waals surface area contributed by atoms with E-state index >= 15 is 0 Å². The molecule has 3 amide bonds. The molecule has 33 heavy (non-hydrogen) atoms. The number of carbonyl (C=O) groups excluding carboxylic acids is 3. The van der Waals surface area contributed by atoms with Crippen molar-refractivity contribution in [3.8, 4) is 0 Å². The molecule has 7 heteroatoms. The van der Waals surface area contributed by atoms with Gasteiger partial charge in [0.15, 0.2) is 0 Å². The molecular formula is C26H45N3O4. The van der Waals surface area contributed by atoms with Gasteiger partial charge in [-0.05, 0) is 57.3 Å². The standard InChI is InChI=1S/C26H45N3O4/c1-8-17-12-13-18-20(19(17)22(31)27-7)24(33)29(14-10-9-11-15-30)21(18)23(32)28-26(5,6)16-25(2,3)4/h12-13,17-21,30H,8-11,14-16H2,1-7H3,(H,27,31)(H,28,32)/t17-,18+,19-,20+,21+/m1/s1. The number of carbonyl (C=O) groups is 3. The van der Waals surface area contributed by atoms with Gasteiger partial charge in [0.25, 0.3) is 0 Å². The molecule has 5 atom stereocenters. The smallest absolute Gasteiger partial charge is 0.243 e. The number of hydrogen-bond acceptors (Lipinski definition) is 4. The van der Waals surface area contributed by atoms with Gasteiger partial charge in [-0.2, -0.15) is 0 Å². The zero-order chi connectivity index (χ0) is 25.0. The molecule has 1 fully saturated rings. The van der Waals surface area contributed by atoms with Gasteiger partial charge in [0, 0.05) is 31.7 Å². The Morgan fingerprint density at radius 1 is 1.06 bits per heavy atom. The number of rotatable bonds is 10. The molecule has 1 heterocycles. The molecule has 3 N–H and O–H groups in total. The van der Waals surface area contributed by atoms with Gasteiger partial charge in [-0.15, -0.1) is 0 Å². The maximum atomic E-state index is 13.7. The van der Waals surface area contributed by atoms with Crippen LogP contribution in [0, 0.1) is 29.1 Å². The first-order chi connectivity index (χ1) is 15.4. The number of hydrogen-bond donors (Lipinski definition) is 3. The van der Waals surface area contributed by atoms with Crippen LogP contribution in [0.5, 0.6) is 0 Å². The lowest BCUT2D eigenvalue weighted by molar-refractivity contribution is -0.141. The van der Waals surface area contributed by atoms with Crippen molar-refractivity contribution in [2.24, 2.45) is 29.1 Å². The van der Waals surface area contributed by atoms with Crippen molar-refractivity contribution in [1.29, 1.82) is 0 Å². The van der Waals surface area contributed by atoms with Crippen LogP contribution in [0.2, 0.25) is 0 Å². The number of aliphatic hydroxyl groups excluding tert-OH is 1. The number of allylic oxidation sites excluding steroid dienone is 1. The lowest BCUT2D eigenvalue weighted by atomic mass is 9.68. The van der Waals surface area contributed by atoms with E-state index in [1.54, 1.807) is 11.9 Å². The van der Waals surface area contributed by atoms with Crippen LogP contribution < -0.4 is 10.6 Å². The quantitative estimate of drug-likeness (QED) is 0.343.